The average molecular weight is 288 g/mol. The number of thioether (sulfide) groups is 1. The summed E-state index contributed by atoms with van der Waals surface area (Å²) in [6.45, 7) is 5.02. The van der Waals surface area contributed by atoms with Crippen molar-refractivity contribution in [3.05, 3.63) is 0 Å². The zero-order valence-corrected chi connectivity index (χ0v) is 12.3. The molecule has 0 aromatic heterocycles. The number of nitrogens with one attached hydrogen (secondary N) is 2. The topological polar surface area (TPSA) is 59.6 Å². The van der Waals surface area contributed by atoms with Gasteiger partial charge in [0.2, 0.25) is 5.91 Å². The summed E-state index contributed by atoms with van der Waals surface area (Å²) in [6.07, 6.45) is 1.73. The van der Waals surface area contributed by atoms with E-state index in [1.54, 1.807) is 0 Å². The van der Waals surface area contributed by atoms with E-state index in [9.17, 15) is 4.79 Å². The van der Waals surface area contributed by atoms with E-state index in [-0.39, 0.29) is 18.1 Å². The van der Waals surface area contributed by atoms with Gasteiger partial charge >= 0.3 is 0 Å². The normalized spacial score (nSPS) is 29.1. The summed E-state index contributed by atoms with van der Waals surface area (Å²) >= 11 is 1.91. The van der Waals surface area contributed by atoms with Gasteiger partial charge in [0.1, 0.15) is 0 Å². The van der Waals surface area contributed by atoms with Crippen LogP contribution >= 0.6 is 11.8 Å². The van der Waals surface area contributed by atoms with Crippen molar-refractivity contribution >= 4 is 17.7 Å². The molecule has 1 amide bonds. The van der Waals surface area contributed by atoms with E-state index in [0.29, 0.717) is 25.7 Å². The maximum atomic E-state index is 11.9. The SMILES string of the molecule is CC(COC1CCOC1)NC(=O)CC1CSCCN1. The van der Waals surface area contributed by atoms with Crippen LogP contribution < -0.4 is 10.6 Å². The molecule has 2 fully saturated rings. The van der Waals surface area contributed by atoms with E-state index in [0.717, 1.165) is 31.1 Å². The molecule has 0 aliphatic carbocycles. The highest BCUT2D eigenvalue weighted by molar-refractivity contribution is 7.99. The summed E-state index contributed by atoms with van der Waals surface area (Å²) in [7, 11) is 0. The smallest absolute Gasteiger partial charge is 0.221 e. The Morgan fingerprint density at radius 3 is 3.21 bits per heavy atom. The van der Waals surface area contributed by atoms with Gasteiger partial charge in [0.15, 0.2) is 0 Å². The molecule has 19 heavy (non-hydrogen) atoms. The number of carbonyl (C=O) groups excluding carboxylic acids is 1. The molecule has 0 aromatic carbocycles. The molecule has 0 spiro atoms. The van der Waals surface area contributed by atoms with E-state index in [1.807, 2.05) is 18.7 Å². The Balaban J connectivity index is 1.57. The zero-order chi connectivity index (χ0) is 13.5. The van der Waals surface area contributed by atoms with Crippen LogP contribution in [0, 0.1) is 0 Å². The third kappa shape index (κ3) is 5.69. The summed E-state index contributed by atoms with van der Waals surface area (Å²) in [4.78, 5) is 11.9. The lowest BCUT2D eigenvalue weighted by Crippen LogP contribution is -2.44. The van der Waals surface area contributed by atoms with Gasteiger partial charge in [-0.05, 0) is 13.3 Å². The van der Waals surface area contributed by atoms with Crippen LogP contribution in [0.5, 0.6) is 0 Å². The molecule has 2 rings (SSSR count). The Labute approximate surface area is 119 Å². The first-order valence-electron chi connectivity index (χ1n) is 7.04. The van der Waals surface area contributed by atoms with Gasteiger partial charge in [0.05, 0.1) is 19.3 Å². The lowest BCUT2D eigenvalue weighted by atomic mass is 10.2. The third-order valence-electron chi connectivity index (χ3n) is 3.31. The lowest BCUT2D eigenvalue weighted by Gasteiger charge is -2.23. The highest BCUT2D eigenvalue weighted by Crippen LogP contribution is 2.10. The van der Waals surface area contributed by atoms with Crippen molar-refractivity contribution in [1.29, 1.82) is 0 Å². The van der Waals surface area contributed by atoms with Crippen molar-refractivity contribution in [2.75, 3.05) is 37.9 Å². The summed E-state index contributed by atoms with van der Waals surface area (Å²) in [5.74, 6) is 2.28. The molecule has 3 unspecified atom stereocenters. The van der Waals surface area contributed by atoms with Crippen LogP contribution in [0.4, 0.5) is 0 Å². The van der Waals surface area contributed by atoms with Crippen LogP contribution in [-0.2, 0) is 14.3 Å². The largest absolute Gasteiger partial charge is 0.379 e. The molecule has 0 saturated carbocycles. The van der Waals surface area contributed by atoms with Crippen molar-refractivity contribution in [3.8, 4) is 0 Å². The summed E-state index contributed by atoms with van der Waals surface area (Å²) in [5.41, 5.74) is 0. The van der Waals surface area contributed by atoms with E-state index in [4.69, 9.17) is 9.47 Å². The fourth-order valence-electron chi connectivity index (χ4n) is 2.27. The van der Waals surface area contributed by atoms with Crippen LogP contribution in [0.25, 0.3) is 0 Å². The average Bonchev–Trinajstić information content (AvgIpc) is 2.90. The number of hydrogen-bond acceptors (Lipinski definition) is 5. The predicted molar refractivity (Wildman–Crippen MR) is 76.5 cm³/mol. The van der Waals surface area contributed by atoms with E-state index in [2.05, 4.69) is 10.6 Å². The maximum Gasteiger partial charge on any atom is 0.221 e. The number of rotatable bonds is 6. The van der Waals surface area contributed by atoms with Crippen LogP contribution in [0.2, 0.25) is 0 Å². The minimum Gasteiger partial charge on any atom is -0.379 e. The minimum atomic E-state index is 0.0596. The number of amides is 1. The summed E-state index contributed by atoms with van der Waals surface area (Å²) < 4.78 is 10.9. The fraction of sp³-hybridized carbons (Fsp3) is 0.923. The maximum absolute atomic E-state index is 11.9. The Morgan fingerprint density at radius 1 is 1.63 bits per heavy atom. The first kappa shape index (κ1) is 15.1. The molecule has 3 atom stereocenters. The number of carbonyl (C=O) groups is 1. The van der Waals surface area contributed by atoms with Gasteiger partial charge in [0.25, 0.3) is 0 Å². The van der Waals surface area contributed by atoms with Gasteiger partial charge in [-0.2, -0.15) is 11.8 Å². The zero-order valence-electron chi connectivity index (χ0n) is 11.5. The molecular weight excluding hydrogens is 264 g/mol. The van der Waals surface area contributed by atoms with Gasteiger partial charge < -0.3 is 20.1 Å². The van der Waals surface area contributed by atoms with Crippen LogP contribution in [0.1, 0.15) is 19.8 Å². The van der Waals surface area contributed by atoms with Gasteiger partial charge in [-0.25, -0.2) is 0 Å². The first-order chi connectivity index (χ1) is 9.24. The summed E-state index contributed by atoms with van der Waals surface area (Å²) in [6, 6.07) is 0.374. The van der Waals surface area contributed by atoms with Gasteiger partial charge in [-0.3, -0.25) is 4.79 Å². The standard InChI is InChI=1S/C13H24N2O3S/c1-10(7-18-12-2-4-17-8-12)15-13(16)6-11-9-19-5-3-14-11/h10-12,14H,2-9H2,1H3,(H,15,16). The van der Waals surface area contributed by atoms with Gasteiger partial charge in [-0.1, -0.05) is 0 Å². The third-order valence-corrected chi connectivity index (χ3v) is 4.44. The summed E-state index contributed by atoms with van der Waals surface area (Å²) in [5, 5.41) is 6.37. The molecule has 5 nitrogen and oxygen atoms in total. The highest BCUT2D eigenvalue weighted by Gasteiger charge is 2.19. The van der Waals surface area contributed by atoms with E-state index >= 15 is 0 Å². The Morgan fingerprint density at radius 2 is 2.53 bits per heavy atom. The second-order valence-corrected chi connectivity index (χ2v) is 6.37. The fourth-order valence-corrected chi connectivity index (χ4v) is 3.22. The second-order valence-electron chi connectivity index (χ2n) is 5.22. The first-order valence-corrected chi connectivity index (χ1v) is 8.19. The van der Waals surface area contributed by atoms with Crippen molar-refractivity contribution in [2.24, 2.45) is 0 Å². The predicted octanol–water partition coefficient (Wildman–Crippen LogP) is 0.392. The van der Waals surface area contributed by atoms with E-state index in [1.165, 1.54) is 0 Å². The van der Waals surface area contributed by atoms with Crippen molar-refractivity contribution in [3.63, 3.8) is 0 Å². The molecular formula is C13H24N2O3S. The lowest BCUT2D eigenvalue weighted by molar-refractivity contribution is -0.122. The Kier molecular flexibility index (Phi) is 6.43. The molecule has 6 heteroatoms. The molecule has 2 N–H and O–H groups in total. The van der Waals surface area contributed by atoms with Crippen LogP contribution in [0.15, 0.2) is 0 Å². The molecule has 110 valence electrons. The Hall–Kier alpha value is -0.300. The second kappa shape index (κ2) is 8.09. The van der Waals surface area contributed by atoms with Crippen molar-refractivity contribution in [1.82, 2.24) is 10.6 Å². The van der Waals surface area contributed by atoms with Crippen LogP contribution in [-0.4, -0.2) is 62.0 Å². The highest BCUT2D eigenvalue weighted by atomic mass is 32.2. The van der Waals surface area contributed by atoms with Gasteiger partial charge in [0, 0.05) is 43.2 Å². The molecule has 2 aliphatic rings. The Bertz CT molecular complexity index is 279. The molecule has 0 radical (unpaired) electrons. The molecule has 2 saturated heterocycles. The van der Waals surface area contributed by atoms with Crippen molar-refractivity contribution < 1.29 is 14.3 Å². The van der Waals surface area contributed by atoms with Gasteiger partial charge in [-0.15, -0.1) is 0 Å². The van der Waals surface area contributed by atoms with E-state index < -0.39 is 0 Å². The molecule has 2 aliphatic heterocycles. The minimum absolute atomic E-state index is 0.0596. The molecule has 0 bridgehead atoms. The molecule has 2 heterocycles. The van der Waals surface area contributed by atoms with Crippen LogP contribution in [0.3, 0.4) is 0 Å². The number of hydrogen-bond donors (Lipinski definition) is 2. The van der Waals surface area contributed by atoms with Crippen molar-refractivity contribution in [2.45, 2.75) is 38.0 Å². The quantitative estimate of drug-likeness (QED) is 0.740. The molecule has 0 aromatic rings. The monoisotopic (exact) mass is 288 g/mol. The number of ether oxygens (including phenoxy) is 2.